The van der Waals surface area contributed by atoms with E-state index in [1.165, 1.54) is 18.4 Å². The Kier molecular flexibility index (Phi) is 6.97. The third kappa shape index (κ3) is 4.47. The number of hydrogen-bond acceptors (Lipinski definition) is 1. The Hall–Kier alpha value is -0.300. The fourth-order valence-corrected chi connectivity index (χ4v) is 1.82. The van der Waals surface area contributed by atoms with Gasteiger partial charge in [0.05, 0.1) is 0 Å². The third-order valence-corrected chi connectivity index (χ3v) is 3.00. The number of rotatable bonds is 7. The van der Waals surface area contributed by atoms with Crippen molar-refractivity contribution in [2.45, 2.75) is 52.5 Å². The van der Waals surface area contributed by atoms with E-state index in [4.69, 9.17) is 0 Å². The van der Waals surface area contributed by atoms with E-state index in [0.717, 1.165) is 18.8 Å². The maximum atomic E-state index is 4.07. The van der Waals surface area contributed by atoms with E-state index in [2.05, 4.69) is 39.7 Å². The molecular weight excluding hydrogens is 158 g/mol. The maximum Gasteiger partial charge on any atom is 0.0129 e. The van der Waals surface area contributed by atoms with Crippen molar-refractivity contribution in [3.05, 3.63) is 12.2 Å². The molecule has 1 nitrogen and oxygen atoms in total. The van der Waals surface area contributed by atoms with Gasteiger partial charge < -0.3 is 5.32 Å². The SMILES string of the molecule is C=C(CC)CC(NC)C(CC)CC. The first kappa shape index (κ1) is 12.7. The molecule has 1 atom stereocenters. The molecule has 0 spiro atoms. The lowest BCUT2D eigenvalue weighted by atomic mass is 9.89. The molecule has 0 saturated carbocycles. The van der Waals surface area contributed by atoms with Gasteiger partial charge in [0.2, 0.25) is 0 Å². The van der Waals surface area contributed by atoms with Gasteiger partial charge in [-0.25, -0.2) is 0 Å². The highest BCUT2D eigenvalue weighted by Crippen LogP contribution is 2.19. The summed E-state index contributed by atoms with van der Waals surface area (Å²) >= 11 is 0. The van der Waals surface area contributed by atoms with Crippen LogP contribution in [0.3, 0.4) is 0 Å². The zero-order chi connectivity index (χ0) is 10.3. The van der Waals surface area contributed by atoms with Gasteiger partial charge in [0, 0.05) is 6.04 Å². The van der Waals surface area contributed by atoms with Gasteiger partial charge in [-0.15, -0.1) is 0 Å². The Morgan fingerprint density at radius 1 is 1.23 bits per heavy atom. The fourth-order valence-electron chi connectivity index (χ4n) is 1.82. The van der Waals surface area contributed by atoms with Crippen molar-refractivity contribution in [1.29, 1.82) is 0 Å². The molecule has 0 heterocycles. The van der Waals surface area contributed by atoms with Crippen LogP contribution in [0.1, 0.15) is 46.5 Å². The molecule has 0 amide bonds. The summed E-state index contributed by atoms with van der Waals surface area (Å²) in [7, 11) is 2.06. The Morgan fingerprint density at radius 2 is 1.77 bits per heavy atom. The van der Waals surface area contributed by atoms with Crippen molar-refractivity contribution in [3.8, 4) is 0 Å². The first-order chi connectivity index (χ1) is 6.19. The van der Waals surface area contributed by atoms with Crippen molar-refractivity contribution in [2.75, 3.05) is 7.05 Å². The maximum absolute atomic E-state index is 4.07. The minimum Gasteiger partial charge on any atom is -0.316 e. The molecule has 0 aliphatic carbocycles. The van der Waals surface area contributed by atoms with Crippen molar-refractivity contribution in [3.63, 3.8) is 0 Å². The van der Waals surface area contributed by atoms with E-state index >= 15 is 0 Å². The molecule has 0 aromatic carbocycles. The highest BCUT2D eigenvalue weighted by Gasteiger charge is 2.16. The molecule has 0 bridgehead atoms. The van der Waals surface area contributed by atoms with Crippen LogP contribution < -0.4 is 5.32 Å². The average Bonchev–Trinajstić information content (AvgIpc) is 2.17. The highest BCUT2D eigenvalue weighted by molar-refractivity contribution is 4.97. The second-order valence-electron chi connectivity index (χ2n) is 3.78. The molecule has 0 fully saturated rings. The topological polar surface area (TPSA) is 12.0 Å². The van der Waals surface area contributed by atoms with Crippen LogP contribution >= 0.6 is 0 Å². The van der Waals surface area contributed by atoms with E-state index in [9.17, 15) is 0 Å². The van der Waals surface area contributed by atoms with Gasteiger partial charge >= 0.3 is 0 Å². The molecule has 0 aromatic rings. The van der Waals surface area contributed by atoms with Gasteiger partial charge in [-0.2, -0.15) is 0 Å². The zero-order valence-corrected chi connectivity index (χ0v) is 9.69. The summed E-state index contributed by atoms with van der Waals surface area (Å²) in [5, 5.41) is 3.41. The molecule has 13 heavy (non-hydrogen) atoms. The predicted octanol–water partition coefficient (Wildman–Crippen LogP) is 3.37. The lowest BCUT2D eigenvalue weighted by Crippen LogP contribution is -2.33. The molecule has 0 aliphatic rings. The normalized spacial score (nSPS) is 13.3. The van der Waals surface area contributed by atoms with Gasteiger partial charge in [-0.05, 0) is 25.8 Å². The monoisotopic (exact) mass is 183 g/mol. The van der Waals surface area contributed by atoms with Crippen molar-refractivity contribution in [1.82, 2.24) is 5.32 Å². The minimum atomic E-state index is 0.627. The van der Waals surface area contributed by atoms with E-state index in [0.29, 0.717) is 6.04 Å². The fraction of sp³-hybridized carbons (Fsp3) is 0.833. The van der Waals surface area contributed by atoms with Gasteiger partial charge in [0.1, 0.15) is 0 Å². The lowest BCUT2D eigenvalue weighted by molar-refractivity contribution is 0.347. The van der Waals surface area contributed by atoms with Gasteiger partial charge in [-0.3, -0.25) is 0 Å². The lowest BCUT2D eigenvalue weighted by Gasteiger charge is -2.25. The molecule has 0 saturated heterocycles. The minimum absolute atomic E-state index is 0.627. The molecular formula is C12H25N. The third-order valence-electron chi connectivity index (χ3n) is 3.00. The Morgan fingerprint density at radius 3 is 2.08 bits per heavy atom. The molecule has 1 heteroatoms. The summed E-state index contributed by atoms with van der Waals surface area (Å²) in [6.45, 7) is 10.8. The molecule has 1 N–H and O–H groups in total. The summed E-state index contributed by atoms with van der Waals surface area (Å²) in [4.78, 5) is 0. The Balaban J connectivity index is 4.06. The van der Waals surface area contributed by atoms with Gasteiger partial charge in [-0.1, -0.05) is 45.8 Å². The van der Waals surface area contributed by atoms with Crippen LogP contribution in [0.4, 0.5) is 0 Å². The van der Waals surface area contributed by atoms with Crippen LogP contribution in [0.15, 0.2) is 12.2 Å². The standard InChI is InChI=1S/C12H25N/c1-6-10(4)9-12(13-5)11(7-2)8-3/h11-13H,4,6-9H2,1-3,5H3. The van der Waals surface area contributed by atoms with Crippen LogP contribution in [0.5, 0.6) is 0 Å². The van der Waals surface area contributed by atoms with Crippen molar-refractivity contribution < 1.29 is 0 Å². The molecule has 0 radical (unpaired) electrons. The van der Waals surface area contributed by atoms with Crippen LogP contribution in [-0.2, 0) is 0 Å². The summed E-state index contributed by atoms with van der Waals surface area (Å²) in [6, 6.07) is 0.627. The average molecular weight is 183 g/mol. The predicted molar refractivity (Wildman–Crippen MR) is 61.0 cm³/mol. The first-order valence-electron chi connectivity index (χ1n) is 5.53. The van der Waals surface area contributed by atoms with E-state index < -0.39 is 0 Å². The molecule has 78 valence electrons. The van der Waals surface area contributed by atoms with Crippen molar-refractivity contribution >= 4 is 0 Å². The highest BCUT2D eigenvalue weighted by atomic mass is 14.9. The smallest absolute Gasteiger partial charge is 0.0129 e. The molecule has 0 aliphatic heterocycles. The largest absolute Gasteiger partial charge is 0.316 e. The number of nitrogens with one attached hydrogen (secondary N) is 1. The van der Waals surface area contributed by atoms with E-state index in [-0.39, 0.29) is 0 Å². The van der Waals surface area contributed by atoms with E-state index in [1.807, 2.05) is 0 Å². The summed E-state index contributed by atoms with van der Waals surface area (Å²) in [5.41, 5.74) is 1.37. The Bertz CT molecular complexity index is 136. The second kappa shape index (κ2) is 7.14. The van der Waals surface area contributed by atoms with E-state index in [1.54, 1.807) is 0 Å². The molecule has 0 aromatic heterocycles. The quantitative estimate of drug-likeness (QED) is 0.597. The van der Waals surface area contributed by atoms with Crippen molar-refractivity contribution in [2.24, 2.45) is 5.92 Å². The van der Waals surface area contributed by atoms with Crippen LogP contribution in [0.2, 0.25) is 0 Å². The summed E-state index contributed by atoms with van der Waals surface area (Å²) in [6.07, 6.45) is 4.77. The first-order valence-corrected chi connectivity index (χ1v) is 5.53. The molecule has 0 rings (SSSR count). The summed E-state index contributed by atoms with van der Waals surface area (Å²) < 4.78 is 0. The van der Waals surface area contributed by atoms with Crippen LogP contribution in [0.25, 0.3) is 0 Å². The van der Waals surface area contributed by atoms with Gasteiger partial charge in [0.15, 0.2) is 0 Å². The second-order valence-corrected chi connectivity index (χ2v) is 3.78. The van der Waals surface area contributed by atoms with Crippen LogP contribution in [-0.4, -0.2) is 13.1 Å². The summed E-state index contributed by atoms with van der Waals surface area (Å²) in [5.74, 6) is 0.799. The Labute approximate surface area is 83.6 Å². The van der Waals surface area contributed by atoms with Gasteiger partial charge in [0.25, 0.3) is 0 Å². The molecule has 1 unspecified atom stereocenters. The number of hydrogen-bond donors (Lipinski definition) is 1. The van der Waals surface area contributed by atoms with Crippen LogP contribution in [0, 0.1) is 5.92 Å². The zero-order valence-electron chi connectivity index (χ0n) is 9.69.